The third kappa shape index (κ3) is 6.35. The van der Waals surface area contributed by atoms with Crippen LogP contribution in [0.4, 0.5) is 0 Å². The first kappa shape index (κ1) is 25.1. The zero-order chi connectivity index (χ0) is 25.5. The molecule has 3 aromatic carbocycles. The highest BCUT2D eigenvalue weighted by atomic mass is 32.2. The van der Waals surface area contributed by atoms with E-state index in [2.05, 4.69) is 10.5 Å². The lowest BCUT2D eigenvalue weighted by molar-refractivity contribution is 0.0955. The van der Waals surface area contributed by atoms with Crippen LogP contribution in [0.15, 0.2) is 105 Å². The van der Waals surface area contributed by atoms with Gasteiger partial charge in [0.2, 0.25) is 10.0 Å². The normalized spacial score (nSPS) is 11.8. The van der Waals surface area contributed by atoms with Gasteiger partial charge in [-0.1, -0.05) is 65.7 Å². The molecule has 4 rings (SSSR count). The summed E-state index contributed by atoms with van der Waals surface area (Å²) in [7, 11) is -3.79. The second kappa shape index (κ2) is 11.2. The second-order valence-corrected chi connectivity index (χ2v) is 10.4. The van der Waals surface area contributed by atoms with E-state index in [9.17, 15) is 13.2 Å². The molecule has 0 fully saturated rings. The molecule has 8 heteroatoms. The fourth-order valence-corrected chi connectivity index (χ4v) is 4.91. The van der Waals surface area contributed by atoms with Crippen molar-refractivity contribution in [2.24, 2.45) is 5.10 Å². The summed E-state index contributed by atoms with van der Waals surface area (Å²) in [6, 6.07) is 26.7. The van der Waals surface area contributed by atoms with Crippen molar-refractivity contribution in [3.05, 3.63) is 125 Å². The van der Waals surface area contributed by atoms with Crippen LogP contribution in [-0.4, -0.2) is 24.8 Å². The number of amides is 1. The van der Waals surface area contributed by atoms with E-state index in [4.69, 9.17) is 4.42 Å². The van der Waals surface area contributed by atoms with E-state index in [1.54, 1.807) is 60.7 Å². The third-order valence-corrected chi connectivity index (χ3v) is 7.35. The Morgan fingerprint density at radius 1 is 0.861 bits per heavy atom. The Balaban J connectivity index is 1.51. The topological polar surface area (TPSA) is 92.0 Å². The molecule has 0 aliphatic rings. The molecule has 0 bridgehead atoms. The Morgan fingerprint density at radius 2 is 1.50 bits per heavy atom. The molecule has 1 N–H and O–H groups in total. The summed E-state index contributed by atoms with van der Waals surface area (Å²) in [5, 5.41) is 3.94. The van der Waals surface area contributed by atoms with Crippen LogP contribution in [0, 0.1) is 13.8 Å². The van der Waals surface area contributed by atoms with Crippen molar-refractivity contribution < 1.29 is 17.6 Å². The summed E-state index contributed by atoms with van der Waals surface area (Å²) < 4.78 is 34.2. The predicted molar refractivity (Wildman–Crippen MR) is 139 cm³/mol. The van der Waals surface area contributed by atoms with Crippen LogP contribution < -0.4 is 5.43 Å². The number of benzene rings is 3. The molecule has 0 radical (unpaired) electrons. The number of nitrogens with zero attached hydrogens (tertiary/aromatic N) is 2. The number of carbonyl (C=O) groups is 1. The Kier molecular flexibility index (Phi) is 7.77. The SMILES string of the molecule is Cc1ccc(CN(Cc2ccc(/C=N\NC(=O)c3ccccc3)o2)S(=O)(=O)c2ccc(C)cc2)cc1. The second-order valence-electron chi connectivity index (χ2n) is 8.44. The fourth-order valence-electron chi connectivity index (χ4n) is 3.51. The number of carbonyl (C=O) groups excluding carboxylic acids is 1. The van der Waals surface area contributed by atoms with Gasteiger partial charge in [-0.3, -0.25) is 4.79 Å². The van der Waals surface area contributed by atoms with Crippen LogP contribution in [-0.2, 0) is 23.1 Å². The molecule has 36 heavy (non-hydrogen) atoms. The van der Waals surface area contributed by atoms with Gasteiger partial charge in [0.15, 0.2) is 0 Å². The molecule has 7 nitrogen and oxygen atoms in total. The van der Waals surface area contributed by atoms with Crippen LogP contribution in [0.2, 0.25) is 0 Å². The highest BCUT2D eigenvalue weighted by Gasteiger charge is 2.26. The van der Waals surface area contributed by atoms with Gasteiger partial charge in [-0.15, -0.1) is 0 Å². The van der Waals surface area contributed by atoms with Gasteiger partial charge in [0.1, 0.15) is 11.5 Å². The van der Waals surface area contributed by atoms with Crippen LogP contribution in [0.5, 0.6) is 0 Å². The number of hydrogen-bond acceptors (Lipinski definition) is 5. The van der Waals surface area contributed by atoms with E-state index in [0.717, 1.165) is 16.7 Å². The van der Waals surface area contributed by atoms with E-state index in [1.165, 1.54) is 10.5 Å². The molecule has 0 aliphatic carbocycles. The van der Waals surface area contributed by atoms with Crippen molar-refractivity contribution in [3.63, 3.8) is 0 Å². The largest absolute Gasteiger partial charge is 0.459 e. The van der Waals surface area contributed by atoms with Crippen molar-refractivity contribution in [1.82, 2.24) is 9.73 Å². The maximum atomic E-state index is 13.5. The van der Waals surface area contributed by atoms with Crippen molar-refractivity contribution in [2.75, 3.05) is 0 Å². The van der Waals surface area contributed by atoms with E-state index in [-0.39, 0.29) is 23.9 Å². The fraction of sp³-hybridized carbons (Fsp3) is 0.143. The maximum Gasteiger partial charge on any atom is 0.271 e. The zero-order valence-corrected chi connectivity index (χ0v) is 20.9. The highest BCUT2D eigenvalue weighted by molar-refractivity contribution is 7.89. The molecule has 0 atom stereocenters. The lowest BCUT2D eigenvalue weighted by Gasteiger charge is -2.21. The van der Waals surface area contributed by atoms with Crippen LogP contribution in [0.1, 0.15) is 38.6 Å². The van der Waals surface area contributed by atoms with Gasteiger partial charge in [0.25, 0.3) is 5.91 Å². The van der Waals surface area contributed by atoms with Crippen LogP contribution in [0.3, 0.4) is 0 Å². The number of hydrogen-bond donors (Lipinski definition) is 1. The third-order valence-electron chi connectivity index (χ3n) is 5.55. The summed E-state index contributed by atoms with van der Waals surface area (Å²) in [5.74, 6) is 0.502. The summed E-state index contributed by atoms with van der Waals surface area (Å²) >= 11 is 0. The highest BCUT2D eigenvalue weighted by Crippen LogP contribution is 2.22. The molecular formula is C28H27N3O4S. The number of sulfonamides is 1. The Bertz CT molecular complexity index is 1440. The number of nitrogens with one attached hydrogen (secondary N) is 1. The minimum atomic E-state index is -3.79. The number of hydrazone groups is 1. The number of aryl methyl sites for hydroxylation is 2. The molecule has 0 unspecified atom stereocenters. The van der Waals surface area contributed by atoms with Gasteiger partial charge in [-0.05, 0) is 55.8 Å². The first-order chi connectivity index (χ1) is 17.3. The Morgan fingerprint density at radius 3 is 2.17 bits per heavy atom. The summed E-state index contributed by atoms with van der Waals surface area (Å²) in [5.41, 5.74) is 5.88. The average Bonchev–Trinajstić information content (AvgIpc) is 3.33. The molecule has 0 spiro atoms. The number of rotatable bonds is 9. The molecule has 1 heterocycles. The van der Waals surface area contributed by atoms with Crippen LogP contribution in [0.25, 0.3) is 0 Å². The quantitative estimate of drug-likeness (QED) is 0.257. The van der Waals surface area contributed by atoms with Crippen LogP contribution >= 0.6 is 0 Å². The molecule has 0 saturated carbocycles. The van der Waals surface area contributed by atoms with E-state index in [1.807, 2.05) is 44.2 Å². The predicted octanol–water partition coefficient (Wildman–Crippen LogP) is 5.05. The zero-order valence-electron chi connectivity index (χ0n) is 20.1. The van der Waals surface area contributed by atoms with Gasteiger partial charge in [-0.25, -0.2) is 13.8 Å². The molecule has 184 valence electrons. The van der Waals surface area contributed by atoms with E-state index in [0.29, 0.717) is 17.1 Å². The summed E-state index contributed by atoms with van der Waals surface area (Å²) in [6.07, 6.45) is 1.38. The minimum absolute atomic E-state index is 0.0360. The molecule has 4 aromatic rings. The minimum Gasteiger partial charge on any atom is -0.459 e. The van der Waals surface area contributed by atoms with E-state index >= 15 is 0 Å². The maximum absolute atomic E-state index is 13.5. The average molecular weight is 502 g/mol. The lowest BCUT2D eigenvalue weighted by atomic mass is 10.1. The molecule has 1 aromatic heterocycles. The van der Waals surface area contributed by atoms with Gasteiger partial charge in [0, 0.05) is 12.1 Å². The van der Waals surface area contributed by atoms with Crippen molar-refractivity contribution in [2.45, 2.75) is 31.8 Å². The van der Waals surface area contributed by atoms with Gasteiger partial charge in [-0.2, -0.15) is 9.41 Å². The van der Waals surface area contributed by atoms with Gasteiger partial charge >= 0.3 is 0 Å². The molecule has 0 saturated heterocycles. The summed E-state index contributed by atoms with van der Waals surface area (Å²) in [6.45, 7) is 4.12. The standard InChI is InChI=1S/C28H27N3O4S/c1-21-8-12-23(13-9-21)19-31(36(33,34)27-16-10-22(2)11-17-27)20-26-15-14-25(35-26)18-29-30-28(32)24-6-4-3-5-7-24/h3-18H,19-20H2,1-2H3,(H,30,32)/b29-18-. The first-order valence-corrected chi connectivity index (χ1v) is 12.8. The Hall–Kier alpha value is -4.01. The molecular weight excluding hydrogens is 474 g/mol. The van der Waals surface area contributed by atoms with Crippen molar-refractivity contribution in [3.8, 4) is 0 Å². The lowest BCUT2D eigenvalue weighted by Crippen LogP contribution is -2.30. The molecule has 1 amide bonds. The first-order valence-electron chi connectivity index (χ1n) is 11.4. The molecule has 0 aliphatic heterocycles. The van der Waals surface area contributed by atoms with E-state index < -0.39 is 10.0 Å². The van der Waals surface area contributed by atoms with Crippen molar-refractivity contribution >= 4 is 22.1 Å². The monoisotopic (exact) mass is 501 g/mol. The smallest absolute Gasteiger partial charge is 0.271 e. The van der Waals surface area contributed by atoms with Crippen molar-refractivity contribution in [1.29, 1.82) is 0 Å². The van der Waals surface area contributed by atoms with Gasteiger partial charge in [0.05, 0.1) is 17.7 Å². The van der Waals surface area contributed by atoms with Gasteiger partial charge < -0.3 is 4.42 Å². The number of furan rings is 1. The Labute approximate surface area is 211 Å². The summed E-state index contributed by atoms with van der Waals surface area (Å²) in [4.78, 5) is 12.3.